The number of rotatable bonds is 3. The predicted octanol–water partition coefficient (Wildman–Crippen LogP) is 1.43. The number of nitrogens with one attached hydrogen (secondary N) is 1. The van der Waals surface area contributed by atoms with E-state index in [-0.39, 0.29) is 5.43 Å². The van der Waals surface area contributed by atoms with Crippen molar-refractivity contribution in [2.75, 3.05) is 13.1 Å². The zero-order chi connectivity index (χ0) is 18.4. The summed E-state index contributed by atoms with van der Waals surface area (Å²) in [6.45, 7) is 3.09. The van der Waals surface area contributed by atoms with Crippen LogP contribution in [0.4, 0.5) is 0 Å². The summed E-state index contributed by atoms with van der Waals surface area (Å²) in [5, 5.41) is 1.72. The second-order valence-electron chi connectivity index (χ2n) is 7.20. The molecule has 1 fully saturated rings. The van der Waals surface area contributed by atoms with Crippen molar-refractivity contribution < 1.29 is 0 Å². The number of hydrogen-bond donors (Lipinski definition) is 1. The molecule has 0 aliphatic carbocycles. The van der Waals surface area contributed by atoms with E-state index in [0.717, 1.165) is 53.9 Å². The zero-order valence-electron chi connectivity index (χ0n) is 15.2. The highest BCUT2D eigenvalue weighted by Crippen LogP contribution is 2.29. The quantitative estimate of drug-likeness (QED) is 0.549. The number of nitrogens with zero attached hydrogens (tertiary/aromatic N) is 4. The van der Waals surface area contributed by atoms with E-state index in [1.54, 1.807) is 23.6 Å². The molecule has 0 aromatic carbocycles. The molecule has 6 nitrogen and oxygen atoms in total. The average Bonchev–Trinajstić information content (AvgIpc) is 3.31. The number of pyridine rings is 2. The summed E-state index contributed by atoms with van der Waals surface area (Å²) in [6.07, 6.45) is 9.70. The molecule has 5 heterocycles. The first-order valence-electron chi connectivity index (χ1n) is 9.29. The number of fused-ring (bicyclic) bond motifs is 3. The van der Waals surface area contributed by atoms with Crippen LogP contribution in [-0.2, 0) is 6.54 Å². The topological polar surface area (TPSA) is 66.8 Å². The Balaban J connectivity index is 1.44. The Labute approximate surface area is 161 Å². The number of piperidine rings is 1. The summed E-state index contributed by atoms with van der Waals surface area (Å²) < 4.78 is 2.29. The van der Waals surface area contributed by atoms with E-state index in [4.69, 9.17) is 0 Å². The monoisotopic (exact) mass is 377 g/mol. The molecule has 0 spiro atoms. The van der Waals surface area contributed by atoms with Gasteiger partial charge in [-0.15, -0.1) is 11.3 Å². The minimum atomic E-state index is 0.0369. The molecular weight excluding hydrogens is 357 g/mol. The van der Waals surface area contributed by atoms with Crippen LogP contribution in [0.3, 0.4) is 0 Å². The van der Waals surface area contributed by atoms with Gasteiger partial charge in [-0.25, -0.2) is 4.98 Å². The fourth-order valence-electron chi connectivity index (χ4n) is 4.12. The Morgan fingerprint density at radius 2 is 2.04 bits per heavy atom. The lowest BCUT2D eigenvalue weighted by molar-refractivity contribution is 0.182. The van der Waals surface area contributed by atoms with Crippen molar-refractivity contribution in [3.63, 3.8) is 0 Å². The number of aromatic nitrogens is 4. The molecule has 0 radical (unpaired) electrons. The summed E-state index contributed by atoms with van der Waals surface area (Å²) in [6, 6.07) is 4.09. The van der Waals surface area contributed by atoms with Crippen LogP contribution in [0.15, 0.2) is 41.7 Å². The van der Waals surface area contributed by atoms with Crippen molar-refractivity contribution in [3.8, 4) is 0 Å². The second kappa shape index (κ2) is 6.62. The summed E-state index contributed by atoms with van der Waals surface area (Å²) in [7, 11) is 2.05. The molecule has 5 rings (SSSR count). The van der Waals surface area contributed by atoms with Gasteiger partial charge in [0.25, 0.3) is 0 Å². The predicted molar refractivity (Wildman–Crippen MR) is 112 cm³/mol. The SMILES string of the molecule is Bc1ncc(CN2CCC(n3ccc(=O)c4cnc5[nH]ccc5c43)CC2)s1. The van der Waals surface area contributed by atoms with E-state index in [1.165, 1.54) is 4.88 Å². The third-order valence-corrected chi connectivity index (χ3v) is 6.36. The van der Waals surface area contributed by atoms with Crippen LogP contribution in [0.1, 0.15) is 23.8 Å². The van der Waals surface area contributed by atoms with Gasteiger partial charge in [0.2, 0.25) is 0 Å². The molecule has 1 N–H and O–H groups in total. The van der Waals surface area contributed by atoms with E-state index in [2.05, 4.69) is 32.3 Å². The van der Waals surface area contributed by atoms with Gasteiger partial charge in [-0.1, -0.05) is 0 Å². The van der Waals surface area contributed by atoms with Gasteiger partial charge in [-0.3, -0.25) is 14.7 Å². The third-order valence-electron chi connectivity index (χ3n) is 5.47. The molecule has 0 saturated carbocycles. The highest BCUT2D eigenvalue weighted by molar-refractivity contribution is 7.19. The Kier molecular flexibility index (Phi) is 4.09. The van der Waals surface area contributed by atoms with Crippen LogP contribution < -0.4 is 10.3 Å². The van der Waals surface area contributed by atoms with E-state index in [0.29, 0.717) is 11.4 Å². The van der Waals surface area contributed by atoms with Gasteiger partial charge in [-0.05, 0) is 18.9 Å². The fourth-order valence-corrected chi connectivity index (χ4v) is 4.96. The van der Waals surface area contributed by atoms with Crippen molar-refractivity contribution in [2.45, 2.75) is 25.4 Å². The van der Waals surface area contributed by atoms with Crippen LogP contribution in [0, 0.1) is 0 Å². The number of hydrogen-bond acceptors (Lipinski definition) is 5. The molecule has 1 aliphatic rings. The molecule has 0 atom stereocenters. The highest BCUT2D eigenvalue weighted by atomic mass is 32.1. The fraction of sp³-hybridized carbons (Fsp3) is 0.316. The number of thiazole rings is 1. The van der Waals surface area contributed by atoms with Crippen LogP contribution in [0.25, 0.3) is 21.9 Å². The van der Waals surface area contributed by atoms with Crippen molar-refractivity contribution in [2.24, 2.45) is 0 Å². The number of aromatic amines is 1. The maximum absolute atomic E-state index is 12.4. The standard InChI is InChI=1S/C19H20BN5OS/c20-19-23-9-13(27-19)11-24-6-2-12(3-7-24)25-8-4-16(26)15-10-22-18-14(17(15)25)1-5-21-18/h1,4-5,8-10,12H,2-3,6-7,11,20H2,(H,21,22). The Morgan fingerprint density at radius 1 is 1.19 bits per heavy atom. The summed E-state index contributed by atoms with van der Waals surface area (Å²) >= 11 is 1.78. The smallest absolute Gasteiger partial charge is 0.190 e. The van der Waals surface area contributed by atoms with Crippen LogP contribution in [0.2, 0.25) is 0 Å². The van der Waals surface area contributed by atoms with Crippen LogP contribution >= 0.6 is 11.3 Å². The maximum atomic E-state index is 12.4. The minimum Gasteiger partial charge on any atom is -0.346 e. The largest absolute Gasteiger partial charge is 0.346 e. The van der Waals surface area contributed by atoms with Crippen LogP contribution in [-0.4, -0.2) is 45.4 Å². The Morgan fingerprint density at radius 3 is 2.81 bits per heavy atom. The van der Waals surface area contributed by atoms with E-state index in [9.17, 15) is 4.79 Å². The lowest BCUT2D eigenvalue weighted by atomic mass is 10.0. The molecule has 0 amide bonds. The summed E-state index contributed by atoms with van der Waals surface area (Å²) in [5.41, 5.74) is 1.87. The molecule has 27 heavy (non-hydrogen) atoms. The van der Waals surface area contributed by atoms with Gasteiger partial charge in [0, 0.05) is 71.7 Å². The normalized spacial score (nSPS) is 16.4. The molecular formula is C19H20BN5OS. The summed E-state index contributed by atoms with van der Waals surface area (Å²) in [4.78, 5) is 29.2. The van der Waals surface area contributed by atoms with Crippen molar-refractivity contribution >= 4 is 46.0 Å². The van der Waals surface area contributed by atoms with Crippen LogP contribution in [0.5, 0.6) is 0 Å². The molecule has 0 unspecified atom stereocenters. The van der Waals surface area contributed by atoms with Gasteiger partial charge in [0.15, 0.2) is 13.3 Å². The van der Waals surface area contributed by atoms with E-state index in [1.807, 2.05) is 24.7 Å². The molecule has 1 saturated heterocycles. The first-order chi connectivity index (χ1) is 13.2. The average molecular weight is 377 g/mol. The van der Waals surface area contributed by atoms with E-state index < -0.39 is 0 Å². The number of H-pyrrole nitrogens is 1. The third kappa shape index (κ3) is 2.98. The highest BCUT2D eigenvalue weighted by Gasteiger charge is 2.22. The first-order valence-corrected chi connectivity index (χ1v) is 10.1. The molecule has 4 aromatic heterocycles. The molecule has 4 aromatic rings. The Bertz CT molecular complexity index is 1170. The van der Waals surface area contributed by atoms with Gasteiger partial charge in [0.05, 0.1) is 10.9 Å². The van der Waals surface area contributed by atoms with Gasteiger partial charge < -0.3 is 9.55 Å². The van der Waals surface area contributed by atoms with Gasteiger partial charge >= 0.3 is 0 Å². The lowest BCUT2D eigenvalue weighted by Gasteiger charge is -2.33. The molecule has 1 aliphatic heterocycles. The zero-order valence-corrected chi connectivity index (χ0v) is 16.0. The van der Waals surface area contributed by atoms with Gasteiger partial charge in [-0.2, -0.15) is 0 Å². The second-order valence-corrected chi connectivity index (χ2v) is 8.52. The van der Waals surface area contributed by atoms with Crippen molar-refractivity contribution in [3.05, 3.63) is 52.0 Å². The van der Waals surface area contributed by atoms with Gasteiger partial charge in [0.1, 0.15) is 5.65 Å². The molecule has 8 heteroatoms. The molecule has 136 valence electrons. The van der Waals surface area contributed by atoms with Crippen molar-refractivity contribution in [1.82, 2.24) is 24.4 Å². The number of likely N-dealkylation sites (tertiary alicyclic amines) is 1. The first kappa shape index (κ1) is 16.7. The molecule has 0 bridgehead atoms. The lowest BCUT2D eigenvalue weighted by Crippen LogP contribution is -2.34. The summed E-state index contributed by atoms with van der Waals surface area (Å²) in [5.74, 6) is 0. The van der Waals surface area contributed by atoms with E-state index >= 15 is 0 Å². The minimum absolute atomic E-state index is 0.0369. The van der Waals surface area contributed by atoms with Crippen molar-refractivity contribution in [1.29, 1.82) is 0 Å². The maximum Gasteiger partial charge on any atom is 0.190 e. The Hall–Kier alpha value is -2.45.